The summed E-state index contributed by atoms with van der Waals surface area (Å²) in [6, 6.07) is 6.28. The molecule has 0 radical (unpaired) electrons. The Bertz CT molecular complexity index is 979. The van der Waals surface area contributed by atoms with Crippen LogP contribution in [0.15, 0.2) is 24.3 Å². The average molecular weight is 383 g/mol. The van der Waals surface area contributed by atoms with Crippen LogP contribution < -0.4 is 10.1 Å². The highest BCUT2D eigenvalue weighted by Crippen LogP contribution is 2.41. The molecule has 2 aromatic rings. The first-order chi connectivity index (χ1) is 13.3. The summed E-state index contributed by atoms with van der Waals surface area (Å²) in [4.78, 5) is 34.3. The molecule has 0 heterocycles. The number of amides is 1. The van der Waals surface area contributed by atoms with Crippen LogP contribution in [-0.2, 0) is 22.4 Å². The number of Topliss-reactive ketones (excluding diaryl/α,β-unsaturated/α-hetero) is 1. The molecule has 1 aliphatic rings. The van der Waals surface area contributed by atoms with Crippen molar-refractivity contribution < 1.29 is 29.3 Å². The number of aryl methyl sites for hydroxylation is 1. The highest BCUT2D eigenvalue weighted by molar-refractivity contribution is 6.02. The van der Waals surface area contributed by atoms with E-state index in [0.717, 1.165) is 36.0 Å². The molecule has 1 amide bonds. The first-order valence-corrected chi connectivity index (χ1v) is 8.95. The lowest BCUT2D eigenvalue weighted by atomic mass is 10.0. The predicted octanol–water partition coefficient (Wildman–Crippen LogP) is 3.60. The lowest BCUT2D eigenvalue weighted by molar-refractivity contribution is -0.139. The van der Waals surface area contributed by atoms with Crippen LogP contribution in [0.4, 0.5) is 5.69 Å². The number of carbonyl (C=O) groups excluding carboxylic acids is 2. The van der Waals surface area contributed by atoms with Crippen LogP contribution in [0.2, 0.25) is 0 Å². The third-order valence-corrected chi connectivity index (χ3v) is 4.69. The van der Waals surface area contributed by atoms with Gasteiger partial charge < -0.3 is 20.3 Å². The monoisotopic (exact) mass is 383 g/mol. The second kappa shape index (κ2) is 7.72. The topological polar surface area (TPSA) is 113 Å². The molecule has 146 valence electrons. The number of ketones is 1. The fourth-order valence-electron chi connectivity index (χ4n) is 3.46. The van der Waals surface area contributed by atoms with Gasteiger partial charge in [0.1, 0.15) is 23.7 Å². The maximum absolute atomic E-state index is 11.9. The molecule has 0 aromatic heterocycles. The number of fused-ring (bicyclic) bond motifs is 1. The molecule has 0 saturated heterocycles. The van der Waals surface area contributed by atoms with Crippen molar-refractivity contribution >= 4 is 23.3 Å². The summed E-state index contributed by atoms with van der Waals surface area (Å²) >= 11 is 0. The van der Waals surface area contributed by atoms with Gasteiger partial charge in [-0.25, -0.2) is 0 Å². The number of carbonyl (C=O) groups is 3. The average Bonchev–Trinajstić information content (AvgIpc) is 3.08. The zero-order valence-corrected chi connectivity index (χ0v) is 15.7. The number of ether oxygens (including phenoxy) is 1. The standard InChI is InChI=1S/C21H21NO6/c1-11-8-17(22-19(25)10-20(26)27)14-4-3-5-15(14)21(11)28-13-6-7-18(24)16(9-13)12(2)23/h6-9,24H,3-5,10H2,1-2H3,(H,22,25)(H,26,27). The van der Waals surface area contributed by atoms with E-state index in [0.29, 0.717) is 17.2 Å². The van der Waals surface area contributed by atoms with Gasteiger partial charge in [-0.2, -0.15) is 0 Å². The zero-order valence-electron chi connectivity index (χ0n) is 15.7. The van der Waals surface area contributed by atoms with Crippen molar-refractivity contribution in [3.05, 3.63) is 46.5 Å². The van der Waals surface area contributed by atoms with E-state index < -0.39 is 18.3 Å². The number of hydrogen-bond acceptors (Lipinski definition) is 5. The number of aromatic hydroxyl groups is 1. The normalized spacial score (nSPS) is 12.4. The second-order valence-corrected chi connectivity index (χ2v) is 6.84. The van der Waals surface area contributed by atoms with Crippen molar-refractivity contribution in [3.8, 4) is 17.2 Å². The molecule has 7 heteroatoms. The molecular formula is C21H21NO6. The predicted molar refractivity (Wildman–Crippen MR) is 102 cm³/mol. The minimum atomic E-state index is -1.18. The molecule has 0 fully saturated rings. The number of carboxylic acid groups (broad SMARTS) is 1. The molecule has 7 nitrogen and oxygen atoms in total. The quantitative estimate of drug-likeness (QED) is 0.519. The van der Waals surface area contributed by atoms with E-state index in [4.69, 9.17) is 9.84 Å². The van der Waals surface area contributed by atoms with E-state index in [-0.39, 0.29) is 17.1 Å². The third kappa shape index (κ3) is 3.98. The summed E-state index contributed by atoms with van der Waals surface area (Å²) in [5, 5.41) is 21.3. The van der Waals surface area contributed by atoms with Gasteiger partial charge in [-0.05, 0) is 68.5 Å². The number of phenols is 1. The highest BCUT2D eigenvalue weighted by Gasteiger charge is 2.24. The first kappa shape index (κ1) is 19.4. The second-order valence-electron chi connectivity index (χ2n) is 6.84. The van der Waals surface area contributed by atoms with Crippen LogP contribution in [-0.4, -0.2) is 27.9 Å². The number of benzene rings is 2. The molecule has 28 heavy (non-hydrogen) atoms. The summed E-state index contributed by atoms with van der Waals surface area (Å²) in [5.74, 6) is -1.02. The Labute approximate surface area is 162 Å². The van der Waals surface area contributed by atoms with Gasteiger partial charge in [0.2, 0.25) is 5.91 Å². The Kier molecular flexibility index (Phi) is 5.35. The zero-order chi connectivity index (χ0) is 20.4. The van der Waals surface area contributed by atoms with Gasteiger partial charge in [0.25, 0.3) is 0 Å². The van der Waals surface area contributed by atoms with Crippen LogP contribution in [0, 0.1) is 6.92 Å². The fraction of sp³-hybridized carbons (Fsp3) is 0.286. The number of hydrogen-bond donors (Lipinski definition) is 3. The molecule has 0 aliphatic heterocycles. The number of anilines is 1. The maximum Gasteiger partial charge on any atom is 0.312 e. The van der Waals surface area contributed by atoms with E-state index in [9.17, 15) is 19.5 Å². The van der Waals surface area contributed by atoms with Crippen molar-refractivity contribution in [2.24, 2.45) is 0 Å². The van der Waals surface area contributed by atoms with Gasteiger partial charge in [0.05, 0.1) is 5.56 Å². The van der Waals surface area contributed by atoms with Gasteiger partial charge in [0, 0.05) is 11.3 Å². The Balaban J connectivity index is 1.94. The lowest BCUT2D eigenvalue weighted by Gasteiger charge is -2.18. The molecule has 0 bridgehead atoms. The summed E-state index contributed by atoms with van der Waals surface area (Å²) in [6.45, 7) is 3.21. The Morgan fingerprint density at radius 2 is 1.86 bits per heavy atom. The van der Waals surface area contributed by atoms with Crippen molar-refractivity contribution in [1.29, 1.82) is 0 Å². The van der Waals surface area contributed by atoms with Crippen molar-refractivity contribution in [2.45, 2.75) is 39.5 Å². The Morgan fingerprint density at radius 1 is 1.14 bits per heavy atom. The van der Waals surface area contributed by atoms with Crippen LogP contribution >= 0.6 is 0 Å². The minimum absolute atomic E-state index is 0.0988. The van der Waals surface area contributed by atoms with Gasteiger partial charge in [-0.1, -0.05) is 0 Å². The summed E-state index contributed by atoms with van der Waals surface area (Å²) < 4.78 is 6.05. The van der Waals surface area contributed by atoms with Crippen LogP contribution in [0.5, 0.6) is 17.2 Å². The van der Waals surface area contributed by atoms with Crippen LogP contribution in [0.1, 0.15) is 46.8 Å². The van der Waals surface area contributed by atoms with Crippen LogP contribution in [0.25, 0.3) is 0 Å². The fourth-order valence-corrected chi connectivity index (χ4v) is 3.46. The molecule has 2 aromatic carbocycles. The number of rotatable bonds is 6. The van der Waals surface area contributed by atoms with Gasteiger partial charge in [-0.15, -0.1) is 0 Å². The minimum Gasteiger partial charge on any atom is -0.507 e. The Morgan fingerprint density at radius 3 is 2.54 bits per heavy atom. The summed E-state index contributed by atoms with van der Waals surface area (Å²) in [6.07, 6.45) is 1.83. The van der Waals surface area contributed by atoms with Crippen molar-refractivity contribution in [2.75, 3.05) is 5.32 Å². The van der Waals surface area contributed by atoms with Gasteiger partial charge in [0.15, 0.2) is 5.78 Å². The smallest absolute Gasteiger partial charge is 0.312 e. The molecule has 3 rings (SSSR count). The SMILES string of the molecule is CC(=O)c1cc(Oc2c(C)cc(NC(=O)CC(=O)O)c3c2CCC3)ccc1O. The molecular weight excluding hydrogens is 362 g/mol. The molecule has 0 unspecified atom stereocenters. The van der Waals surface area contributed by atoms with E-state index >= 15 is 0 Å². The summed E-state index contributed by atoms with van der Waals surface area (Å²) in [7, 11) is 0. The molecule has 0 spiro atoms. The molecule has 0 saturated carbocycles. The molecule has 0 atom stereocenters. The van der Waals surface area contributed by atoms with E-state index in [1.807, 2.05) is 6.92 Å². The number of nitrogens with one attached hydrogen (secondary N) is 1. The largest absolute Gasteiger partial charge is 0.507 e. The van der Waals surface area contributed by atoms with Crippen molar-refractivity contribution in [3.63, 3.8) is 0 Å². The number of aliphatic carboxylic acids is 1. The van der Waals surface area contributed by atoms with Gasteiger partial charge in [-0.3, -0.25) is 14.4 Å². The highest BCUT2D eigenvalue weighted by atomic mass is 16.5. The van der Waals surface area contributed by atoms with E-state index in [2.05, 4.69) is 5.32 Å². The van der Waals surface area contributed by atoms with Crippen molar-refractivity contribution in [1.82, 2.24) is 0 Å². The first-order valence-electron chi connectivity index (χ1n) is 8.95. The van der Waals surface area contributed by atoms with Gasteiger partial charge >= 0.3 is 5.97 Å². The maximum atomic E-state index is 11.9. The number of carboxylic acids is 1. The van der Waals surface area contributed by atoms with Crippen LogP contribution in [0.3, 0.4) is 0 Å². The van der Waals surface area contributed by atoms with E-state index in [1.54, 1.807) is 12.1 Å². The van der Waals surface area contributed by atoms with E-state index in [1.165, 1.54) is 19.1 Å². The molecule has 3 N–H and O–H groups in total. The third-order valence-electron chi connectivity index (χ3n) is 4.69. The Hall–Kier alpha value is -3.35. The summed E-state index contributed by atoms with van der Waals surface area (Å²) in [5.41, 5.74) is 3.47. The number of phenolic OH excluding ortho intramolecular Hbond substituents is 1. The molecule has 1 aliphatic carbocycles. The lowest BCUT2D eigenvalue weighted by Crippen LogP contribution is -2.17.